The van der Waals surface area contributed by atoms with Gasteiger partial charge in [-0.2, -0.15) is 0 Å². The summed E-state index contributed by atoms with van der Waals surface area (Å²) in [5.41, 5.74) is 5.78. The number of hydrogen-bond acceptors (Lipinski definition) is 4. The van der Waals surface area contributed by atoms with E-state index in [4.69, 9.17) is 9.72 Å². The van der Waals surface area contributed by atoms with Crippen LogP contribution < -0.4 is 4.74 Å². The molecule has 6 heteroatoms. The van der Waals surface area contributed by atoms with Crippen LogP contribution in [0.3, 0.4) is 0 Å². The maximum Gasteiger partial charge on any atom is 0.234 e. The number of hydrogen-bond donors (Lipinski definition) is 0. The number of nitrogens with zero attached hydrogens (tertiary/aromatic N) is 3. The van der Waals surface area contributed by atoms with Crippen molar-refractivity contribution in [3.05, 3.63) is 91.3 Å². The molecule has 2 heterocycles. The number of rotatable bonds is 5. The predicted octanol–water partition coefficient (Wildman–Crippen LogP) is 5.48. The van der Waals surface area contributed by atoms with E-state index in [1.807, 2.05) is 71.3 Å². The van der Waals surface area contributed by atoms with Crippen LogP contribution in [0.15, 0.2) is 96.2 Å². The van der Waals surface area contributed by atoms with Crippen molar-refractivity contribution >= 4 is 17.0 Å². The summed E-state index contributed by atoms with van der Waals surface area (Å²) in [5.74, 6) is 1.43. The van der Waals surface area contributed by atoms with E-state index in [0.29, 0.717) is 5.78 Å². The molecule has 0 aliphatic carbocycles. The Hall–Kier alpha value is -3.61. The average Bonchev–Trinajstić information content (AvgIpc) is 3.24. The van der Waals surface area contributed by atoms with Crippen molar-refractivity contribution in [3.63, 3.8) is 0 Å². The first-order valence-electron chi connectivity index (χ1n) is 10.2. The SMILES string of the molecule is COc1ccc(-c2nc3ncccn3c2-c2ccc([S+](C)[O-])cc2)cc1-c1ccccc1. The molecule has 0 fully saturated rings. The van der Waals surface area contributed by atoms with Crippen LogP contribution in [0.25, 0.3) is 39.4 Å². The van der Waals surface area contributed by atoms with E-state index in [1.165, 1.54) is 0 Å². The predicted molar refractivity (Wildman–Crippen MR) is 128 cm³/mol. The Bertz CT molecular complexity index is 1380. The van der Waals surface area contributed by atoms with E-state index in [1.54, 1.807) is 19.6 Å². The zero-order valence-corrected chi connectivity index (χ0v) is 18.5. The van der Waals surface area contributed by atoms with E-state index >= 15 is 0 Å². The van der Waals surface area contributed by atoms with Gasteiger partial charge < -0.3 is 9.29 Å². The van der Waals surface area contributed by atoms with Gasteiger partial charge in [-0.3, -0.25) is 4.40 Å². The van der Waals surface area contributed by atoms with Crippen molar-refractivity contribution in [2.24, 2.45) is 0 Å². The molecule has 0 amide bonds. The second kappa shape index (κ2) is 8.49. The Morgan fingerprint density at radius 3 is 2.34 bits per heavy atom. The van der Waals surface area contributed by atoms with Crippen LogP contribution in [0.4, 0.5) is 0 Å². The van der Waals surface area contributed by atoms with Crippen molar-refractivity contribution in [3.8, 4) is 39.4 Å². The van der Waals surface area contributed by atoms with Gasteiger partial charge in [0.1, 0.15) is 12.0 Å². The summed E-state index contributed by atoms with van der Waals surface area (Å²) in [7, 11) is 1.68. The summed E-state index contributed by atoms with van der Waals surface area (Å²) >= 11 is -1.03. The van der Waals surface area contributed by atoms with Gasteiger partial charge in [-0.25, -0.2) is 9.97 Å². The Morgan fingerprint density at radius 1 is 0.875 bits per heavy atom. The summed E-state index contributed by atoms with van der Waals surface area (Å²) in [6.45, 7) is 0. The van der Waals surface area contributed by atoms with E-state index in [-0.39, 0.29) is 0 Å². The molecular formula is C26H21N3O2S. The van der Waals surface area contributed by atoms with E-state index < -0.39 is 11.2 Å². The van der Waals surface area contributed by atoms with Crippen LogP contribution in [-0.2, 0) is 11.2 Å². The number of fused-ring (bicyclic) bond motifs is 1. The lowest BCUT2D eigenvalue weighted by molar-refractivity contribution is 0.416. The fourth-order valence-corrected chi connectivity index (χ4v) is 4.39. The lowest BCUT2D eigenvalue weighted by atomic mass is 9.98. The molecule has 32 heavy (non-hydrogen) atoms. The molecule has 0 saturated heterocycles. The molecule has 0 saturated carbocycles. The van der Waals surface area contributed by atoms with Crippen molar-refractivity contribution in [1.82, 2.24) is 14.4 Å². The number of ether oxygens (including phenoxy) is 1. The third-order valence-electron chi connectivity index (χ3n) is 5.42. The van der Waals surface area contributed by atoms with Gasteiger partial charge in [0, 0.05) is 29.1 Å². The van der Waals surface area contributed by atoms with Gasteiger partial charge in [0.25, 0.3) is 0 Å². The smallest absolute Gasteiger partial charge is 0.234 e. The van der Waals surface area contributed by atoms with Crippen molar-refractivity contribution in [2.45, 2.75) is 4.90 Å². The van der Waals surface area contributed by atoms with Gasteiger partial charge >= 0.3 is 0 Å². The zero-order valence-electron chi connectivity index (χ0n) is 17.7. The molecule has 0 aliphatic heterocycles. The molecule has 3 aromatic carbocycles. The van der Waals surface area contributed by atoms with E-state index in [2.05, 4.69) is 23.2 Å². The standard InChI is InChI=1S/C26H21N3O2S/c1-31-23-14-11-20(17-22(23)18-7-4-3-5-8-18)24-25(29-16-6-15-27-26(29)28-24)19-9-12-21(13-10-19)32(2)30/h3-17H,1-2H3. The first-order valence-corrected chi connectivity index (χ1v) is 11.7. The number of imidazole rings is 1. The number of benzene rings is 3. The zero-order chi connectivity index (χ0) is 22.1. The number of methoxy groups -OCH3 is 1. The first-order chi connectivity index (χ1) is 15.7. The highest BCUT2D eigenvalue weighted by Gasteiger charge is 2.19. The Kier molecular flexibility index (Phi) is 5.39. The summed E-state index contributed by atoms with van der Waals surface area (Å²) in [5, 5.41) is 0. The van der Waals surface area contributed by atoms with Gasteiger partial charge in [0.05, 0.1) is 18.5 Å². The largest absolute Gasteiger partial charge is 0.612 e. The summed E-state index contributed by atoms with van der Waals surface area (Å²) in [4.78, 5) is 10.1. The number of aromatic nitrogens is 3. The minimum Gasteiger partial charge on any atom is -0.612 e. The van der Waals surface area contributed by atoms with Crippen molar-refractivity contribution in [1.29, 1.82) is 0 Å². The molecule has 158 valence electrons. The molecular weight excluding hydrogens is 418 g/mol. The minimum absolute atomic E-state index is 0.623. The van der Waals surface area contributed by atoms with Gasteiger partial charge in [-0.1, -0.05) is 30.3 Å². The Balaban J connectivity index is 1.72. The lowest BCUT2D eigenvalue weighted by Crippen LogP contribution is -1.97. The van der Waals surface area contributed by atoms with Gasteiger partial charge in [-0.05, 0) is 65.3 Å². The normalized spacial score (nSPS) is 12.1. The van der Waals surface area contributed by atoms with Crippen LogP contribution in [0.2, 0.25) is 0 Å². The molecule has 0 N–H and O–H groups in total. The van der Waals surface area contributed by atoms with Crippen LogP contribution >= 0.6 is 0 Å². The Labute approximate surface area is 189 Å². The minimum atomic E-state index is -1.03. The van der Waals surface area contributed by atoms with E-state index in [9.17, 15) is 4.55 Å². The van der Waals surface area contributed by atoms with Gasteiger partial charge in [0.15, 0.2) is 4.90 Å². The van der Waals surface area contributed by atoms with E-state index in [0.717, 1.165) is 44.3 Å². The molecule has 0 radical (unpaired) electrons. The maximum absolute atomic E-state index is 11.8. The second-order valence-corrected chi connectivity index (χ2v) is 8.74. The summed E-state index contributed by atoms with van der Waals surface area (Å²) < 4.78 is 19.5. The van der Waals surface area contributed by atoms with Crippen LogP contribution in [0.5, 0.6) is 5.75 Å². The highest BCUT2D eigenvalue weighted by Crippen LogP contribution is 2.38. The van der Waals surface area contributed by atoms with Gasteiger partial charge in [-0.15, -0.1) is 0 Å². The molecule has 5 rings (SSSR count). The topological polar surface area (TPSA) is 62.5 Å². The third kappa shape index (κ3) is 3.64. The molecule has 1 atom stereocenters. The quantitative estimate of drug-likeness (QED) is 0.340. The molecule has 2 aromatic heterocycles. The van der Waals surface area contributed by atoms with Crippen LogP contribution in [0, 0.1) is 0 Å². The van der Waals surface area contributed by atoms with Crippen molar-refractivity contribution in [2.75, 3.05) is 13.4 Å². The fraction of sp³-hybridized carbons (Fsp3) is 0.0769. The first kappa shape index (κ1) is 20.3. The molecule has 0 spiro atoms. The fourth-order valence-electron chi connectivity index (χ4n) is 3.87. The highest BCUT2D eigenvalue weighted by molar-refractivity contribution is 7.90. The average molecular weight is 440 g/mol. The molecule has 5 nitrogen and oxygen atoms in total. The highest BCUT2D eigenvalue weighted by atomic mass is 32.2. The molecule has 0 aliphatic rings. The molecule has 1 unspecified atom stereocenters. The second-order valence-electron chi connectivity index (χ2n) is 7.36. The maximum atomic E-state index is 11.8. The summed E-state index contributed by atoms with van der Waals surface area (Å²) in [6, 6.07) is 25.9. The monoisotopic (exact) mass is 439 g/mol. The van der Waals surface area contributed by atoms with Crippen molar-refractivity contribution < 1.29 is 9.29 Å². The summed E-state index contributed by atoms with van der Waals surface area (Å²) in [6.07, 6.45) is 5.38. The molecule has 0 bridgehead atoms. The molecule has 5 aromatic rings. The third-order valence-corrected chi connectivity index (χ3v) is 6.36. The van der Waals surface area contributed by atoms with Crippen LogP contribution in [0.1, 0.15) is 0 Å². The van der Waals surface area contributed by atoms with Gasteiger partial charge in [0.2, 0.25) is 5.78 Å². The Morgan fingerprint density at radius 2 is 1.62 bits per heavy atom. The lowest BCUT2D eigenvalue weighted by Gasteiger charge is -2.12. The van der Waals surface area contributed by atoms with Crippen LogP contribution in [-0.4, -0.2) is 32.3 Å².